The fraction of sp³-hybridized carbons (Fsp3) is 0.538. The maximum Gasteiger partial charge on any atom is 0.290 e. The van der Waals surface area contributed by atoms with Crippen molar-refractivity contribution in [2.24, 2.45) is 17.6 Å². The summed E-state index contributed by atoms with van der Waals surface area (Å²) in [7, 11) is -3.92. The van der Waals surface area contributed by atoms with Gasteiger partial charge in [-0.25, -0.2) is 8.42 Å². The predicted molar refractivity (Wildman–Crippen MR) is 88.3 cm³/mol. The molecule has 23 heavy (non-hydrogen) atoms. The molecule has 2 fully saturated rings. The average molecular weight is 382 g/mol. The van der Waals surface area contributed by atoms with Crippen molar-refractivity contribution in [2.45, 2.75) is 23.8 Å². The predicted octanol–water partition coefficient (Wildman–Crippen LogP) is 2.03. The molecule has 0 amide bonds. The highest BCUT2D eigenvalue weighted by Crippen LogP contribution is 2.40. The Morgan fingerprint density at radius 1 is 1.30 bits per heavy atom. The summed E-state index contributed by atoms with van der Waals surface area (Å²) in [5.41, 5.74) is 5.52. The third-order valence-electron chi connectivity index (χ3n) is 4.61. The number of hydrogen-bond donors (Lipinski definition) is 1. The summed E-state index contributed by atoms with van der Waals surface area (Å²) < 4.78 is 26.8. The van der Waals surface area contributed by atoms with Gasteiger partial charge in [-0.3, -0.25) is 10.1 Å². The van der Waals surface area contributed by atoms with Crippen LogP contribution in [-0.2, 0) is 10.0 Å². The standard InChI is InChI=1S/C13H16ClN3O4S.ClH/c14-9-2-4-13(12(5-9)17(18)19)22(20,21)16-6-8-1-3-11(15)10(8)7-16;/h2,4-5,8,10-11H,1,3,6-7,15H2;1H. The van der Waals surface area contributed by atoms with E-state index in [1.165, 1.54) is 16.4 Å². The van der Waals surface area contributed by atoms with Gasteiger partial charge in [-0.05, 0) is 36.8 Å². The number of hydrogen-bond acceptors (Lipinski definition) is 5. The first-order valence-electron chi connectivity index (χ1n) is 7.00. The lowest BCUT2D eigenvalue weighted by molar-refractivity contribution is -0.387. The molecule has 2 N–H and O–H groups in total. The van der Waals surface area contributed by atoms with Crippen LogP contribution < -0.4 is 5.73 Å². The first kappa shape index (κ1) is 18.4. The van der Waals surface area contributed by atoms with Crippen molar-refractivity contribution in [3.63, 3.8) is 0 Å². The SMILES string of the molecule is Cl.NC1CCC2CN(S(=O)(=O)c3ccc(Cl)cc3[N+](=O)[O-])CC12. The van der Waals surface area contributed by atoms with Gasteiger partial charge in [-0.15, -0.1) is 12.4 Å². The van der Waals surface area contributed by atoms with Crippen LogP contribution in [0.4, 0.5) is 5.69 Å². The number of benzene rings is 1. The number of halogens is 2. The summed E-state index contributed by atoms with van der Waals surface area (Å²) in [6, 6.07) is 3.62. The lowest BCUT2D eigenvalue weighted by atomic mass is 9.98. The van der Waals surface area contributed by atoms with Gasteiger partial charge in [0.1, 0.15) is 0 Å². The molecule has 0 radical (unpaired) electrons. The third kappa shape index (κ3) is 3.18. The van der Waals surface area contributed by atoms with Crippen LogP contribution in [0.3, 0.4) is 0 Å². The van der Waals surface area contributed by atoms with Gasteiger partial charge >= 0.3 is 0 Å². The van der Waals surface area contributed by atoms with Crippen LogP contribution in [0.5, 0.6) is 0 Å². The van der Waals surface area contributed by atoms with Crippen LogP contribution >= 0.6 is 24.0 Å². The lowest BCUT2D eigenvalue weighted by Gasteiger charge is -2.18. The van der Waals surface area contributed by atoms with Crippen LogP contribution in [0, 0.1) is 22.0 Å². The van der Waals surface area contributed by atoms with Gasteiger partial charge in [0, 0.05) is 30.2 Å². The van der Waals surface area contributed by atoms with E-state index in [0.717, 1.165) is 18.9 Å². The van der Waals surface area contributed by atoms with Crippen molar-refractivity contribution in [3.8, 4) is 0 Å². The zero-order valence-corrected chi connectivity index (χ0v) is 14.5. The Balaban J connectivity index is 0.00000192. The average Bonchev–Trinajstić information content (AvgIpc) is 3.01. The molecule has 1 saturated carbocycles. The Hall–Kier alpha value is -0.930. The molecule has 0 bridgehead atoms. The normalized spacial score (nSPS) is 27.5. The van der Waals surface area contributed by atoms with Gasteiger partial charge in [-0.2, -0.15) is 4.31 Å². The second kappa shape index (κ2) is 6.52. The number of nitrogens with two attached hydrogens (primary N) is 1. The van der Waals surface area contributed by atoms with E-state index < -0.39 is 20.6 Å². The van der Waals surface area contributed by atoms with Gasteiger partial charge < -0.3 is 5.73 Å². The molecule has 128 valence electrons. The molecule has 7 nitrogen and oxygen atoms in total. The Labute approximate surface area is 145 Å². The van der Waals surface area contributed by atoms with Crippen molar-refractivity contribution in [1.82, 2.24) is 4.31 Å². The molecule has 2 aliphatic rings. The van der Waals surface area contributed by atoms with E-state index in [1.54, 1.807) is 0 Å². The highest BCUT2D eigenvalue weighted by atomic mass is 35.5. The Morgan fingerprint density at radius 3 is 2.61 bits per heavy atom. The smallest absolute Gasteiger partial charge is 0.290 e. The molecule has 1 aliphatic heterocycles. The van der Waals surface area contributed by atoms with Gasteiger partial charge in [0.25, 0.3) is 5.69 Å². The Kier molecular flexibility index (Phi) is 5.22. The molecule has 1 saturated heterocycles. The zero-order chi connectivity index (χ0) is 16.1. The van der Waals surface area contributed by atoms with Crippen molar-refractivity contribution in [1.29, 1.82) is 0 Å². The molecular weight excluding hydrogens is 365 g/mol. The van der Waals surface area contributed by atoms with Gasteiger partial charge in [-0.1, -0.05) is 11.6 Å². The third-order valence-corrected chi connectivity index (χ3v) is 6.73. The maximum atomic E-state index is 12.7. The minimum absolute atomic E-state index is 0. The van der Waals surface area contributed by atoms with Crippen molar-refractivity contribution in [3.05, 3.63) is 33.3 Å². The molecular formula is C13H17Cl2N3O4S. The molecule has 1 aromatic rings. The summed E-state index contributed by atoms with van der Waals surface area (Å²) in [4.78, 5) is 10.1. The summed E-state index contributed by atoms with van der Waals surface area (Å²) in [5.74, 6) is 0.386. The number of rotatable bonds is 3. The van der Waals surface area contributed by atoms with Crippen LogP contribution in [-0.4, -0.2) is 36.8 Å². The van der Waals surface area contributed by atoms with Gasteiger partial charge in [0.15, 0.2) is 4.90 Å². The minimum Gasteiger partial charge on any atom is -0.327 e. The highest BCUT2D eigenvalue weighted by Gasteiger charge is 2.46. The molecule has 0 aromatic heterocycles. The van der Waals surface area contributed by atoms with Crippen molar-refractivity contribution < 1.29 is 13.3 Å². The quantitative estimate of drug-likeness (QED) is 0.636. The zero-order valence-electron chi connectivity index (χ0n) is 12.1. The van der Waals surface area contributed by atoms with Crippen LogP contribution in [0.1, 0.15) is 12.8 Å². The van der Waals surface area contributed by atoms with Crippen molar-refractivity contribution in [2.75, 3.05) is 13.1 Å². The first-order valence-corrected chi connectivity index (χ1v) is 8.82. The van der Waals surface area contributed by atoms with E-state index in [-0.39, 0.29) is 40.2 Å². The fourth-order valence-corrected chi connectivity index (χ4v) is 5.29. The first-order chi connectivity index (χ1) is 10.3. The monoisotopic (exact) mass is 381 g/mol. The second-order valence-corrected chi connectivity index (χ2v) is 8.20. The topological polar surface area (TPSA) is 107 Å². The molecule has 3 rings (SSSR count). The van der Waals surface area contributed by atoms with Gasteiger partial charge in [0.05, 0.1) is 4.92 Å². The highest BCUT2D eigenvalue weighted by molar-refractivity contribution is 7.89. The molecule has 1 heterocycles. The lowest BCUT2D eigenvalue weighted by Crippen LogP contribution is -2.33. The molecule has 10 heteroatoms. The molecule has 1 aromatic carbocycles. The summed E-state index contributed by atoms with van der Waals surface area (Å²) in [5, 5.41) is 11.3. The molecule has 3 atom stereocenters. The maximum absolute atomic E-state index is 12.7. The molecule has 1 aliphatic carbocycles. The largest absolute Gasteiger partial charge is 0.327 e. The number of fused-ring (bicyclic) bond motifs is 1. The summed E-state index contributed by atoms with van der Waals surface area (Å²) in [6.07, 6.45) is 1.81. The van der Waals surface area contributed by atoms with E-state index in [9.17, 15) is 18.5 Å². The number of nitro benzene ring substituents is 1. The fourth-order valence-electron chi connectivity index (χ4n) is 3.45. The Morgan fingerprint density at radius 2 is 2.00 bits per heavy atom. The van der Waals surface area contributed by atoms with E-state index >= 15 is 0 Å². The van der Waals surface area contributed by atoms with E-state index in [4.69, 9.17) is 17.3 Å². The number of nitrogens with zero attached hydrogens (tertiary/aromatic N) is 2. The van der Waals surface area contributed by atoms with Crippen LogP contribution in [0.25, 0.3) is 0 Å². The van der Waals surface area contributed by atoms with Crippen LogP contribution in [0.15, 0.2) is 23.1 Å². The van der Waals surface area contributed by atoms with E-state index in [0.29, 0.717) is 13.1 Å². The van der Waals surface area contributed by atoms with Crippen LogP contribution in [0.2, 0.25) is 5.02 Å². The van der Waals surface area contributed by atoms with Crippen molar-refractivity contribution >= 4 is 39.7 Å². The van der Waals surface area contributed by atoms with E-state index in [1.807, 2.05) is 0 Å². The summed E-state index contributed by atoms with van der Waals surface area (Å²) in [6.45, 7) is 0.703. The number of sulfonamides is 1. The molecule has 3 unspecified atom stereocenters. The number of nitro groups is 1. The summed E-state index contributed by atoms with van der Waals surface area (Å²) >= 11 is 5.74. The molecule has 0 spiro atoms. The Bertz CT molecular complexity index is 728. The van der Waals surface area contributed by atoms with E-state index in [2.05, 4.69) is 0 Å². The minimum atomic E-state index is -3.92. The second-order valence-electron chi connectivity index (χ2n) is 5.86. The van der Waals surface area contributed by atoms with Gasteiger partial charge in [0.2, 0.25) is 10.0 Å².